The molecule has 1 heterocycles. The van der Waals surface area contributed by atoms with Crippen LogP contribution in [-0.4, -0.2) is 16.5 Å². The van der Waals surface area contributed by atoms with E-state index in [1.807, 2.05) is 6.92 Å². The Hall–Kier alpha value is -1.52. The average molecular weight is 326 g/mol. The van der Waals surface area contributed by atoms with Crippen molar-refractivity contribution in [1.29, 1.82) is 0 Å². The van der Waals surface area contributed by atoms with Crippen LogP contribution in [-0.2, 0) is 6.42 Å². The van der Waals surface area contributed by atoms with E-state index < -0.39 is 0 Å². The minimum atomic E-state index is 0.450. The molecule has 0 unspecified atom stereocenters. The summed E-state index contributed by atoms with van der Waals surface area (Å²) in [6, 6.07) is 5.10. The zero-order valence-electron chi connectivity index (χ0n) is 12.0. The van der Waals surface area contributed by atoms with Crippen LogP contribution in [0.2, 0.25) is 10.0 Å². The molecule has 0 saturated carbocycles. The lowest BCUT2D eigenvalue weighted by atomic mass is 10.2. The van der Waals surface area contributed by atoms with Crippen LogP contribution in [0, 0.1) is 0 Å². The first-order valence-corrected chi connectivity index (χ1v) is 7.62. The van der Waals surface area contributed by atoms with E-state index in [1.165, 1.54) is 6.33 Å². The van der Waals surface area contributed by atoms with E-state index in [9.17, 15) is 0 Å². The van der Waals surface area contributed by atoms with Crippen molar-refractivity contribution < 1.29 is 4.74 Å². The minimum Gasteiger partial charge on any atom is -0.437 e. The fourth-order valence-electron chi connectivity index (χ4n) is 1.86. The Morgan fingerprint density at radius 3 is 2.67 bits per heavy atom. The number of nitrogens with zero attached hydrogens (tertiary/aromatic N) is 2. The maximum absolute atomic E-state index is 6.13. The van der Waals surface area contributed by atoms with E-state index in [1.54, 1.807) is 18.2 Å². The molecular formula is C15H17Cl2N3O. The molecule has 0 fully saturated rings. The number of nitrogens with one attached hydrogen (secondary N) is 1. The van der Waals surface area contributed by atoms with Crippen molar-refractivity contribution in [3.63, 3.8) is 0 Å². The van der Waals surface area contributed by atoms with E-state index in [0.717, 1.165) is 30.8 Å². The minimum absolute atomic E-state index is 0.450. The van der Waals surface area contributed by atoms with E-state index in [-0.39, 0.29) is 0 Å². The molecule has 0 spiro atoms. The molecule has 1 aromatic heterocycles. The van der Waals surface area contributed by atoms with Gasteiger partial charge >= 0.3 is 0 Å². The number of hydrogen-bond donors (Lipinski definition) is 1. The van der Waals surface area contributed by atoms with Crippen molar-refractivity contribution >= 4 is 29.0 Å². The molecule has 0 amide bonds. The highest BCUT2D eigenvalue weighted by Gasteiger charge is 2.13. The van der Waals surface area contributed by atoms with Gasteiger partial charge in [0.05, 0.1) is 10.6 Å². The molecule has 4 nitrogen and oxygen atoms in total. The lowest BCUT2D eigenvalue weighted by molar-refractivity contribution is 0.456. The van der Waals surface area contributed by atoms with Crippen LogP contribution in [0.5, 0.6) is 11.6 Å². The standard InChI is InChI=1S/C15H17Cl2N3O/c1-3-7-18-14-11(4-2)15(20-9-19-14)21-13-6-5-10(16)8-12(13)17/h5-6,8-9H,3-4,7H2,1-2H3,(H,18,19,20). The molecule has 0 bridgehead atoms. The third kappa shape index (κ3) is 3.99. The van der Waals surface area contributed by atoms with Crippen LogP contribution in [0.3, 0.4) is 0 Å². The third-order valence-electron chi connectivity index (χ3n) is 2.90. The van der Waals surface area contributed by atoms with Gasteiger partial charge in [-0.1, -0.05) is 37.0 Å². The van der Waals surface area contributed by atoms with Gasteiger partial charge in [0.15, 0.2) is 0 Å². The normalized spacial score (nSPS) is 10.5. The Kier molecular flexibility index (Phi) is 5.65. The molecule has 0 radical (unpaired) electrons. The van der Waals surface area contributed by atoms with Crippen LogP contribution in [0.25, 0.3) is 0 Å². The van der Waals surface area contributed by atoms with Gasteiger partial charge in [-0.3, -0.25) is 0 Å². The maximum atomic E-state index is 6.13. The maximum Gasteiger partial charge on any atom is 0.227 e. The number of ether oxygens (including phenoxy) is 1. The van der Waals surface area contributed by atoms with Gasteiger partial charge in [0, 0.05) is 11.6 Å². The molecule has 0 aliphatic heterocycles. The van der Waals surface area contributed by atoms with Gasteiger partial charge in [-0.25, -0.2) is 9.97 Å². The van der Waals surface area contributed by atoms with Crippen molar-refractivity contribution in [2.24, 2.45) is 0 Å². The summed E-state index contributed by atoms with van der Waals surface area (Å²) in [5.74, 6) is 1.83. The summed E-state index contributed by atoms with van der Waals surface area (Å²) in [6.45, 7) is 4.99. The summed E-state index contributed by atoms with van der Waals surface area (Å²) >= 11 is 12.0. The molecule has 112 valence electrons. The van der Waals surface area contributed by atoms with Gasteiger partial charge in [-0.2, -0.15) is 0 Å². The van der Waals surface area contributed by atoms with Crippen molar-refractivity contribution in [3.05, 3.63) is 40.1 Å². The Labute approximate surface area is 134 Å². The number of aromatic nitrogens is 2. The largest absolute Gasteiger partial charge is 0.437 e. The second-order valence-electron chi connectivity index (χ2n) is 4.46. The molecule has 2 aromatic rings. The Morgan fingerprint density at radius 1 is 1.19 bits per heavy atom. The molecule has 1 N–H and O–H groups in total. The summed E-state index contributed by atoms with van der Waals surface area (Å²) in [4.78, 5) is 8.48. The molecule has 6 heteroatoms. The zero-order valence-corrected chi connectivity index (χ0v) is 13.5. The highest BCUT2D eigenvalue weighted by molar-refractivity contribution is 6.35. The quantitative estimate of drug-likeness (QED) is 0.815. The second kappa shape index (κ2) is 7.48. The summed E-state index contributed by atoms with van der Waals surface area (Å²) < 4.78 is 5.83. The second-order valence-corrected chi connectivity index (χ2v) is 5.31. The summed E-state index contributed by atoms with van der Waals surface area (Å²) in [6.07, 6.45) is 3.26. The Bertz CT molecular complexity index is 620. The molecule has 0 atom stereocenters. The smallest absolute Gasteiger partial charge is 0.227 e. The van der Waals surface area contributed by atoms with Crippen LogP contribution in [0.15, 0.2) is 24.5 Å². The van der Waals surface area contributed by atoms with Crippen LogP contribution in [0.1, 0.15) is 25.8 Å². The highest BCUT2D eigenvalue weighted by atomic mass is 35.5. The van der Waals surface area contributed by atoms with Gasteiger partial charge in [0.25, 0.3) is 0 Å². The summed E-state index contributed by atoms with van der Waals surface area (Å²) in [7, 11) is 0. The van der Waals surface area contributed by atoms with Crippen molar-refractivity contribution in [3.8, 4) is 11.6 Å². The highest BCUT2D eigenvalue weighted by Crippen LogP contribution is 2.33. The first-order chi connectivity index (χ1) is 10.2. The van der Waals surface area contributed by atoms with Gasteiger partial charge in [0.2, 0.25) is 5.88 Å². The summed E-state index contributed by atoms with van der Waals surface area (Å²) in [5.41, 5.74) is 0.928. The molecule has 21 heavy (non-hydrogen) atoms. The van der Waals surface area contributed by atoms with E-state index in [4.69, 9.17) is 27.9 Å². The number of halogens is 2. The fourth-order valence-corrected chi connectivity index (χ4v) is 2.31. The van der Waals surface area contributed by atoms with Crippen molar-refractivity contribution in [2.45, 2.75) is 26.7 Å². The first kappa shape index (κ1) is 15.9. The van der Waals surface area contributed by atoms with Crippen molar-refractivity contribution in [1.82, 2.24) is 9.97 Å². The van der Waals surface area contributed by atoms with E-state index in [2.05, 4.69) is 22.2 Å². The molecule has 2 rings (SSSR count). The van der Waals surface area contributed by atoms with Crippen LogP contribution >= 0.6 is 23.2 Å². The van der Waals surface area contributed by atoms with Gasteiger partial charge < -0.3 is 10.1 Å². The van der Waals surface area contributed by atoms with E-state index >= 15 is 0 Å². The number of hydrogen-bond acceptors (Lipinski definition) is 4. The van der Waals surface area contributed by atoms with Crippen LogP contribution < -0.4 is 10.1 Å². The summed E-state index contributed by atoms with van der Waals surface area (Å²) in [5, 5.41) is 4.29. The van der Waals surface area contributed by atoms with Crippen molar-refractivity contribution in [2.75, 3.05) is 11.9 Å². The molecule has 0 aliphatic carbocycles. The molecule has 0 saturated heterocycles. The lowest BCUT2D eigenvalue weighted by Crippen LogP contribution is -2.07. The number of rotatable bonds is 6. The van der Waals surface area contributed by atoms with E-state index in [0.29, 0.717) is 21.7 Å². The topological polar surface area (TPSA) is 47.0 Å². The molecular weight excluding hydrogens is 309 g/mol. The number of anilines is 1. The predicted molar refractivity (Wildman–Crippen MR) is 86.7 cm³/mol. The Morgan fingerprint density at radius 2 is 2.00 bits per heavy atom. The third-order valence-corrected chi connectivity index (χ3v) is 3.43. The fraction of sp³-hybridized carbons (Fsp3) is 0.333. The zero-order chi connectivity index (χ0) is 15.2. The molecule has 1 aromatic carbocycles. The van der Waals surface area contributed by atoms with Gasteiger partial charge in [-0.15, -0.1) is 0 Å². The molecule has 0 aliphatic rings. The van der Waals surface area contributed by atoms with Crippen LogP contribution in [0.4, 0.5) is 5.82 Å². The predicted octanol–water partition coefficient (Wildman–Crippen LogP) is 4.96. The average Bonchev–Trinajstić information content (AvgIpc) is 2.48. The van der Waals surface area contributed by atoms with Gasteiger partial charge in [-0.05, 0) is 31.0 Å². The SMILES string of the molecule is CCCNc1ncnc(Oc2ccc(Cl)cc2Cl)c1CC. The first-order valence-electron chi connectivity index (χ1n) is 6.86. The lowest BCUT2D eigenvalue weighted by Gasteiger charge is -2.14. The monoisotopic (exact) mass is 325 g/mol. The number of benzene rings is 1. The van der Waals surface area contributed by atoms with Gasteiger partial charge in [0.1, 0.15) is 17.9 Å². The Balaban J connectivity index is 2.30.